The molecule has 0 aromatic heterocycles. The summed E-state index contributed by atoms with van der Waals surface area (Å²) in [6, 6.07) is 0.543. The number of nitrogens with two attached hydrogens (primary N) is 1. The molecule has 3 N–H and O–H groups in total. The number of rotatable bonds is 8. The highest BCUT2D eigenvalue weighted by Gasteiger charge is 2.25. The summed E-state index contributed by atoms with van der Waals surface area (Å²) in [5.74, 6) is 7.43. The van der Waals surface area contributed by atoms with Gasteiger partial charge >= 0.3 is 0 Å². The van der Waals surface area contributed by atoms with Crippen LogP contribution in [0.3, 0.4) is 0 Å². The van der Waals surface area contributed by atoms with Crippen LogP contribution in [-0.4, -0.2) is 6.04 Å². The molecular weight excluding hydrogens is 208 g/mol. The molecule has 3 atom stereocenters. The van der Waals surface area contributed by atoms with Crippen LogP contribution in [0, 0.1) is 11.8 Å². The topological polar surface area (TPSA) is 38.0 Å². The Morgan fingerprint density at radius 2 is 2.18 bits per heavy atom. The SMILES string of the molecule is C=CCCCCCC(NN)C1CCCC(C)C1. The molecule has 100 valence electrons. The molecule has 1 rings (SSSR count). The van der Waals surface area contributed by atoms with Crippen molar-refractivity contribution in [3.8, 4) is 0 Å². The predicted octanol–water partition coefficient (Wildman–Crippen LogP) is 3.78. The van der Waals surface area contributed by atoms with Crippen molar-refractivity contribution < 1.29 is 0 Å². The van der Waals surface area contributed by atoms with Gasteiger partial charge in [0.25, 0.3) is 0 Å². The maximum Gasteiger partial charge on any atom is 0.0238 e. The van der Waals surface area contributed by atoms with E-state index in [0.717, 1.165) is 18.3 Å². The van der Waals surface area contributed by atoms with Crippen LogP contribution in [0.1, 0.15) is 64.7 Å². The Morgan fingerprint density at radius 1 is 1.35 bits per heavy atom. The number of allylic oxidation sites excluding steroid dienone is 1. The highest BCUT2D eigenvalue weighted by atomic mass is 15.2. The summed E-state index contributed by atoms with van der Waals surface area (Å²) in [6.45, 7) is 6.14. The third kappa shape index (κ3) is 5.69. The Bertz CT molecular complexity index is 203. The first-order valence-electron chi connectivity index (χ1n) is 7.35. The zero-order valence-electron chi connectivity index (χ0n) is 11.5. The van der Waals surface area contributed by atoms with E-state index in [4.69, 9.17) is 5.84 Å². The fraction of sp³-hybridized carbons (Fsp3) is 0.867. The van der Waals surface area contributed by atoms with E-state index in [9.17, 15) is 0 Å². The number of hydrogen-bond donors (Lipinski definition) is 2. The summed E-state index contributed by atoms with van der Waals surface area (Å²) in [7, 11) is 0. The van der Waals surface area contributed by atoms with E-state index in [1.165, 1.54) is 51.4 Å². The molecule has 0 aromatic rings. The highest BCUT2D eigenvalue weighted by molar-refractivity contribution is 4.80. The van der Waals surface area contributed by atoms with Gasteiger partial charge in [0.2, 0.25) is 0 Å². The van der Waals surface area contributed by atoms with Gasteiger partial charge in [-0.1, -0.05) is 38.7 Å². The van der Waals surface area contributed by atoms with Gasteiger partial charge in [-0.25, -0.2) is 0 Å². The minimum atomic E-state index is 0.543. The average Bonchev–Trinajstić information content (AvgIpc) is 2.34. The normalized spacial score (nSPS) is 26.7. The molecule has 1 saturated carbocycles. The number of unbranched alkanes of at least 4 members (excludes halogenated alkanes) is 3. The molecular formula is C15H30N2. The Labute approximate surface area is 107 Å². The van der Waals surface area contributed by atoms with Crippen LogP contribution in [0.4, 0.5) is 0 Å². The van der Waals surface area contributed by atoms with Crippen molar-refractivity contribution in [3.63, 3.8) is 0 Å². The fourth-order valence-corrected chi connectivity index (χ4v) is 3.13. The molecule has 1 aliphatic carbocycles. The molecule has 17 heavy (non-hydrogen) atoms. The van der Waals surface area contributed by atoms with Crippen molar-refractivity contribution in [3.05, 3.63) is 12.7 Å². The predicted molar refractivity (Wildman–Crippen MR) is 75.5 cm³/mol. The van der Waals surface area contributed by atoms with Gasteiger partial charge in [-0.3, -0.25) is 11.3 Å². The van der Waals surface area contributed by atoms with Crippen molar-refractivity contribution in [1.29, 1.82) is 0 Å². The Hall–Kier alpha value is -0.340. The molecule has 1 fully saturated rings. The summed E-state index contributed by atoms with van der Waals surface area (Å²) in [5.41, 5.74) is 3.06. The molecule has 0 heterocycles. The van der Waals surface area contributed by atoms with Crippen LogP contribution in [0.5, 0.6) is 0 Å². The van der Waals surface area contributed by atoms with Gasteiger partial charge < -0.3 is 0 Å². The maximum atomic E-state index is 5.72. The van der Waals surface area contributed by atoms with Gasteiger partial charge in [-0.2, -0.15) is 0 Å². The molecule has 0 spiro atoms. The smallest absolute Gasteiger partial charge is 0.0238 e. The second kappa shape index (κ2) is 8.71. The van der Waals surface area contributed by atoms with Crippen LogP contribution in [0.15, 0.2) is 12.7 Å². The summed E-state index contributed by atoms with van der Waals surface area (Å²) in [6.07, 6.45) is 13.8. The molecule has 2 heteroatoms. The first kappa shape index (κ1) is 14.7. The highest BCUT2D eigenvalue weighted by Crippen LogP contribution is 2.32. The summed E-state index contributed by atoms with van der Waals surface area (Å²) in [5, 5.41) is 0. The quantitative estimate of drug-likeness (QED) is 0.292. The van der Waals surface area contributed by atoms with E-state index in [1.54, 1.807) is 0 Å². The Balaban J connectivity index is 2.20. The summed E-state index contributed by atoms with van der Waals surface area (Å²) < 4.78 is 0. The Morgan fingerprint density at radius 3 is 2.82 bits per heavy atom. The largest absolute Gasteiger partial charge is 0.271 e. The third-order valence-electron chi connectivity index (χ3n) is 4.18. The standard InChI is InChI=1S/C15H30N2/c1-3-4-5-6-7-11-15(17-16)14-10-8-9-13(2)12-14/h3,13-15,17H,1,4-12,16H2,2H3. The van der Waals surface area contributed by atoms with Crippen molar-refractivity contribution >= 4 is 0 Å². The molecule has 1 aliphatic rings. The molecule has 0 aliphatic heterocycles. The van der Waals surface area contributed by atoms with E-state index >= 15 is 0 Å². The van der Waals surface area contributed by atoms with Gasteiger partial charge in [0.15, 0.2) is 0 Å². The second-order valence-electron chi connectivity index (χ2n) is 5.73. The van der Waals surface area contributed by atoms with Gasteiger partial charge in [-0.15, -0.1) is 6.58 Å². The first-order chi connectivity index (χ1) is 8.27. The molecule has 2 nitrogen and oxygen atoms in total. The molecule has 0 bridgehead atoms. The van der Waals surface area contributed by atoms with Gasteiger partial charge in [0.1, 0.15) is 0 Å². The van der Waals surface area contributed by atoms with Crippen molar-refractivity contribution in [2.24, 2.45) is 17.7 Å². The molecule has 3 unspecified atom stereocenters. The molecule has 0 aromatic carbocycles. The molecule has 0 saturated heterocycles. The number of nitrogens with one attached hydrogen (secondary N) is 1. The zero-order valence-corrected chi connectivity index (χ0v) is 11.5. The van der Waals surface area contributed by atoms with Gasteiger partial charge in [0.05, 0.1) is 0 Å². The van der Waals surface area contributed by atoms with Crippen LogP contribution in [0.2, 0.25) is 0 Å². The number of hydrazine groups is 1. The van der Waals surface area contributed by atoms with Crippen molar-refractivity contribution in [1.82, 2.24) is 5.43 Å². The maximum absolute atomic E-state index is 5.72. The third-order valence-corrected chi connectivity index (χ3v) is 4.18. The average molecular weight is 238 g/mol. The van der Waals surface area contributed by atoms with E-state index in [1.807, 2.05) is 6.08 Å². The second-order valence-corrected chi connectivity index (χ2v) is 5.73. The summed E-state index contributed by atoms with van der Waals surface area (Å²) in [4.78, 5) is 0. The van der Waals surface area contributed by atoms with Crippen LogP contribution in [0.25, 0.3) is 0 Å². The van der Waals surface area contributed by atoms with E-state index < -0.39 is 0 Å². The Kier molecular flexibility index (Phi) is 7.54. The lowest BCUT2D eigenvalue weighted by atomic mass is 9.77. The van der Waals surface area contributed by atoms with Crippen LogP contribution < -0.4 is 11.3 Å². The fourth-order valence-electron chi connectivity index (χ4n) is 3.13. The van der Waals surface area contributed by atoms with Gasteiger partial charge in [0, 0.05) is 6.04 Å². The monoisotopic (exact) mass is 238 g/mol. The van der Waals surface area contributed by atoms with Crippen molar-refractivity contribution in [2.75, 3.05) is 0 Å². The molecule has 0 amide bonds. The number of hydrogen-bond acceptors (Lipinski definition) is 2. The minimum absolute atomic E-state index is 0.543. The van der Waals surface area contributed by atoms with E-state index in [-0.39, 0.29) is 0 Å². The minimum Gasteiger partial charge on any atom is -0.271 e. The lowest BCUT2D eigenvalue weighted by Crippen LogP contribution is -2.42. The van der Waals surface area contributed by atoms with E-state index in [0.29, 0.717) is 6.04 Å². The van der Waals surface area contributed by atoms with Gasteiger partial charge in [-0.05, 0) is 43.9 Å². The van der Waals surface area contributed by atoms with Crippen LogP contribution in [-0.2, 0) is 0 Å². The van der Waals surface area contributed by atoms with Crippen LogP contribution >= 0.6 is 0 Å². The zero-order chi connectivity index (χ0) is 12.5. The lowest BCUT2D eigenvalue weighted by molar-refractivity contribution is 0.213. The first-order valence-corrected chi connectivity index (χ1v) is 7.35. The van der Waals surface area contributed by atoms with E-state index in [2.05, 4.69) is 18.9 Å². The lowest BCUT2D eigenvalue weighted by Gasteiger charge is -2.33. The van der Waals surface area contributed by atoms with Crippen molar-refractivity contribution in [2.45, 2.75) is 70.8 Å². The molecule has 0 radical (unpaired) electrons. The summed E-state index contributed by atoms with van der Waals surface area (Å²) >= 11 is 0.